The smallest absolute Gasteiger partial charge is 0.354 e. The van der Waals surface area contributed by atoms with E-state index in [1.807, 2.05) is 10.6 Å². The van der Waals surface area contributed by atoms with Crippen LogP contribution in [0.4, 0.5) is 5.95 Å². The molecular formula is C16H18N4O3. The second-order valence-corrected chi connectivity index (χ2v) is 5.33. The van der Waals surface area contributed by atoms with Crippen LogP contribution < -0.4 is 5.32 Å². The number of nitrogens with zero attached hydrogens (tertiary/aromatic N) is 3. The SMILES string of the molecule is CCOC(=O)c1ccc2n1CCCc1cnc(NC(C)=O)nc1-2. The maximum absolute atomic E-state index is 12.1. The lowest BCUT2D eigenvalue weighted by Crippen LogP contribution is -2.13. The molecule has 120 valence electrons. The maximum atomic E-state index is 12.1. The number of nitrogens with one attached hydrogen (secondary N) is 1. The van der Waals surface area contributed by atoms with E-state index in [2.05, 4.69) is 15.3 Å². The minimum Gasteiger partial charge on any atom is -0.461 e. The second kappa shape index (κ2) is 6.20. The van der Waals surface area contributed by atoms with E-state index in [1.165, 1.54) is 6.92 Å². The molecular weight excluding hydrogens is 296 g/mol. The van der Waals surface area contributed by atoms with Crippen LogP contribution in [0.5, 0.6) is 0 Å². The van der Waals surface area contributed by atoms with E-state index in [9.17, 15) is 9.59 Å². The van der Waals surface area contributed by atoms with Crippen molar-refractivity contribution in [3.8, 4) is 11.4 Å². The number of fused-ring (bicyclic) bond motifs is 3. The zero-order valence-corrected chi connectivity index (χ0v) is 13.1. The molecule has 0 saturated carbocycles. The summed E-state index contributed by atoms with van der Waals surface area (Å²) in [4.78, 5) is 31.9. The number of aryl methyl sites for hydroxylation is 1. The van der Waals surface area contributed by atoms with Gasteiger partial charge in [-0.15, -0.1) is 0 Å². The van der Waals surface area contributed by atoms with Gasteiger partial charge in [0.05, 0.1) is 18.0 Å². The Morgan fingerprint density at radius 3 is 2.96 bits per heavy atom. The van der Waals surface area contributed by atoms with Crippen LogP contribution >= 0.6 is 0 Å². The Kier molecular flexibility index (Phi) is 4.10. The van der Waals surface area contributed by atoms with Gasteiger partial charge in [0.1, 0.15) is 5.69 Å². The van der Waals surface area contributed by atoms with Crippen molar-refractivity contribution in [3.05, 3.63) is 29.6 Å². The van der Waals surface area contributed by atoms with Crippen LogP contribution in [0, 0.1) is 0 Å². The molecule has 0 aliphatic carbocycles. The molecule has 7 nitrogen and oxygen atoms in total. The van der Waals surface area contributed by atoms with Gasteiger partial charge in [0.15, 0.2) is 0 Å². The van der Waals surface area contributed by atoms with Gasteiger partial charge in [-0.2, -0.15) is 0 Å². The number of carbonyl (C=O) groups is 2. The minimum atomic E-state index is -0.335. The molecule has 0 fully saturated rings. The fourth-order valence-corrected chi connectivity index (χ4v) is 2.76. The Morgan fingerprint density at radius 2 is 2.22 bits per heavy atom. The summed E-state index contributed by atoms with van der Waals surface area (Å²) >= 11 is 0. The molecule has 0 aromatic carbocycles. The third-order valence-corrected chi connectivity index (χ3v) is 3.69. The highest BCUT2D eigenvalue weighted by Crippen LogP contribution is 2.29. The van der Waals surface area contributed by atoms with Crippen LogP contribution in [0.15, 0.2) is 18.3 Å². The fourth-order valence-electron chi connectivity index (χ4n) is 2.76. The fraction of sp³-hybridized carbons (Fsp3) is 0.375. The molecule has 0 unspecified atom stereocenters. The minimum absolute atomic E-state index is 0.221. The number of rotatable bonds is 3. The van der Waals surface area contributed by atoms with Gasteiger partial charge in [0.25, 0.3) is 0 Å². The molecule has 3 heterocycles. The third kappa shape index (κ3) is 2.94. The number of hydrogen-bond donors (Lipinski definition) is 1. The number of ether oxygens (including phenoxy) is 1. The van der Waals surface area contributed by atoms with Gasteiger partial charge in [-0.3, -0.25) is 10.1 Å². The van der Waals surface area contributed by atoms with Gasteiger partial charge >= 0.3 is 5.97 Å². The van der Waals surface area contributed by atoms with Gasteiger partial charge in [-0.1, -0.05) is 0 Å². The van der Waals surface area contributed by atoms with Crippen molar-refractivity contribution in [3.63, 3.8) is 0 Å². The van der Waals surface area contributed by atoms with E-state index in [-0.39, 0.29) is 17.8 Å². The normalized spacial score (nSPS) is 12.8. The van der Waals surface area contributed by atoms with E-state index in [0.717, 1.165) is 29.8 Å². The highest BCUT2D eigenvalue weighted by molar-refractivity contribution is 5.89. The summed E-state index contributed by atoms with van der Waals surface area (Å²) in [5, 5.41) is 2.59. The van der Waals surface area contributed by atoms with E-state index in [0.29, 0.717) is 18.8 Å². The number of anilines is 1. The molecule has 23 heavy (non-hydrogen) atoms. The van der Waals surface area contributed by atoms with Crippen molar-refractivity contribution >= 4 is 17.8 Å². The van der Waals surface area contributed by atoms with Gasteiger partial charge in [0.2, 0.25) is 11.9 Å². The number of carbonyl (C=O) groups excluding carboxylic acids is 2. The molecule has 1 aliphatic rings. The van der Waals surface area contributed by atoms with Crippen LogP contribution in [0.2, 0.25) is 0 Å². The summed E-state index contributed by atoms with van der Waals surface area (Å²) in [5.74, 6) is -0.289. The number of amides is 1. The van der Waals surface area contributed by atoms with E-state index < -0.39 is 0 Å². The van der Waals surface area contributed by atoms with Crippen LogP contribution in [-0.2, 0) is 22.5 Å². The molecule has 1 aliphatic heterocycles. The van der Waals surface area contributed by atoms with Gasteiger partial charge in [-0.25, -0.2) is 14.8 Å². The molecule has 0 saturated heterocycles. The molecule has 0 atom stereocenters. The first-order valence-electron chi connectivity index (χ1n) is 7.60. The number of aromatic nitrogens is 3. The molecule has 7 heteroatoms. The highest BCUT2D eigenvalue weighted by atomic mass is 16.5. The first-order chi connectivity index (χ1) is 11.1. The Balaban J connectivity index is 2.06. The molecule has 1 amide bonds. The summed E-state index contributed by atoms with van der Waals surface area (Å²) in [7, 11) is 0. The highest BCUT2D eigenvalue weighted by Gasteiger charge is 2.22. The average Bonchev–Trinajstić information content (AvgIpc) is 2.84. The van der Waals surface area contributed by atoms with Crippen molar-refractivity contribution in [2.75, 3.05) is 11.9 Å². The first kappa shape index (κ1) is 15.2. The van der Waals surface area contributed by atoms with Crippen LogP contribution in [0.3, 0.4) is 0 Å². The molecule has 1 N–H and O–H groups in total. The Bertz CT molecular complexity index is 767. The van der Waals surface area contributed by atoms with Crippen molar-refractivity contribution in [1.82, 2.24) is 14.5 Å². The molecule has 0 bridgehead atoms. The lowest BCUT2D eigenvalue weighted by molar-refractivity contribution is -0.114. The topological polar surface area (TPSA) is 86.1 Å². The predicted molar refractivity (Wildman–Crippen MR) is 84.0 cm³/mol. The van der Waals surface area contributed by atoms with E-state index >= 15 is 0 Å². The number of esters is 1. The predicted octanol–water partition coefficient (Wildman–Crippen LogP) is 2.03. The lowest BCUT2D eigenvalue weighted by atomic mass is 10.1. The maximum Gasteiger partial charge on any atom is 0.354 e. The van der Waals surface area contributed by atoms with Gasteiger partial charge < -0.3 is 9.30 Å². The van der Waals surface area contributed by atoms with Crippen LogP contribution in [0.25, 0.3) is 11.4 Å². The van der Waals surface area contributed by atoms with Crippen molar-refractivity contribution in [2.45, 2.75) is 33.2 Å². The van der Waals surface area contributed by atoms with Gasteiger partial charge in [0, 0.05) is 19.7 Å². The standard InChI is InChI=1S/C16H18N4O3/c1-3-23-15(22)13-7-6-12-14-11(5-4-8-20(12)13)9-17-16(19-14)18-10(2)21/h6-7,9H,3-5,8H2,1-2H3,(H,17,18,19,21). The zero-order chi connectivity index (χ0) is 16.4. The van der Waals surface area contributed by atoms with E-state index in [4.69, 9.17) is 4.74 Å². The summed E-state index contributed by atoms with van der Waals surface area (Å²) < 4.78 is 7.03. The number of hydrogen-bond acceptors (Lipinski definition) is 5. The molecule has 3 rings (SSSR count). The lowest BCUT2D eigenvalue weighted by Gasteiger charge is -2.10. The average molecular weight is 314 g/mol. The summed E-state index contributed by atoms with van der Waals surface area (Å²) in [5.41, 5.74) is 3.12. The zero-order valence-electron chi connectivity index (χ0n) is 13.1. The van der Waals surface area contributed by atoms with Crippen molar-refractivity contribution in [2.24, 2.45) is 0 Å². The molecule has 0 spiro atoms. The molecule has 2 aromatic rings. The van der Waals surface area contributed by atoms with Crippen molar-refractivity contribution < 1.29 is 14.3 Å². The quantitative estimate of drug-likeness (QED) is 0.876. The summed E-state index contributed by atoms with van der Waals surface area (Å²) in [6.07, 6.45) is 3.43. The second-order valence-electron chi connectivity index (χ2n) is 5.33. The Hall–Kier alpha value is -2.70. The largest absolute Gasteiger partial charge is 0.461 e. The van der Waals surface area contributed by atoms with Crippen LogP contribution in [-0.4, -0.2) is 33.0 Å². The van der Waals surface area contributed by atoms with Crippen LogP contribution in [0.1, 0.15) is 36.3 Å². The van der Waals surface area contributed by atoms with Gasteiger partial charge in [-0.05, 0) is 37.5 Å². The molecule has 0 radical (unpaired) electrons. The van der Waals surface area contributed by atoms with Crippen molar-refractivity contribution in [1.29, 1.82) is 0 Å². The Labute approximate surface area is 133 Å². The monoisotopic (exact) mass is 314 g/mol. The Morgan fingerprint density at radius 1 is 1.39 bits per heavy atom. The summed E-state index contributed by atoms with van der Waals surface area (Å²) in [6, 6.07) is 3.61. The molecule has 2 aromatic heterocycles. The summed E-state index contributed by atoms with van der Waals surface area (Å²) in [6.45, 7) is 4.25. The van der Waals surface area contributed by atoms with E-state index in [1.54, 1.807) is 19.2 Å². The first-order valence-corrected chi connectivity index (χ1v) is 7.60. The third-order valence-electron chi connectivity index (χ3n) is 3.69.